The molecule has 1 rings (SSSR count). The zero-order chi connectivity index (χ0) is 16.0. The average molecular weight is 316 g/mol. The van der Waals surface area contributed by atoms with Gasteiger partial charge < -0.3 is 20.3 Å². The van der Waals surface area contributed by atoms with Crippen LogP contribution in [0.25, 0.3) is 0 Å². The molecule has 1 aromatic carbocycles. The number of hydrogen-bond donors (Lipinski definition) is 2. The van der Waals surface area contributed by atoms with E-state index in [9.17, 15) is 5.11 Å². The molecule has 0 radical (unpaired) electrons. The maximum Gasteiger partial charge on any atom is 0.162 e. The Hall–Kier alpha value is -0.970. The van der Waals surface area contributed by atoms with Crippen LogP contribution in [-0.4, -0.2) is 30.5 Å². The molecule has 5 heteroatoms. The van der Waals surface area contributed by atoms with E-state index >= 15 is 0 Å². The summed E-state index contributed by atoms with van der Waals surface area (Å²) in [4.78, 5) is 0. The molecule has 0 aliphatic heterocycles. The number of rotatable bonds is 8. The smallest absolute Gasteiger partial charge is 0.162 e. The van der Waals surface area contributed by atoms with Crippen molar-refractivity contribution in [2.75, 3.05) is 13.2 Å². The fourth-order valence-corrected chi connectivity index (χ4v) is 2.51. The second-order valence-electron chi connectivity index (χ2n) is 5.25. The SMILES string of the molecule is CCOc1cc(Cl)c(C(C)CC(O)C(C)N)cc1OCC. The van der Waals surface area contributed by atoms with Crippen molar-refractivity contribution in [2.24, 2.45) is 5.73 Å². The first-order valence-corrected chi connectivity index (χ1v) is 7.81. The van der Waals surface area contributed by atoms with E-state index in [1.807, 2.05) is 26.8 Å². The number of aliphatic hydroxyl groups excluding tert-OH is 1. The van der Waals surface area contributed by atoms with Gasteiger partial charge in [-0.15, -0.1) is 0 Å². The number of benzene rings is 1. The lowest BCUT2D eigenvalue weighted by Gasteiger charge is -2.22. The zero-order valence-corrected chi connectivity index (χ0v) is 14.0. The van der Waals surface area contributed by atoms with Crippen LogP contribution >= 0.6 is 11.6 Å². The van der Waals surface area contributed by atoms with E-state index in [-0.39, 0.29) is 12.0 Å². The molecule has 0 aliphatic carbocycles. The van der Waals surface area contributed by atoms with Crippen molar-refractivity contribution in [3.05, 3.63) is 22.7 Å². The van der Waals surface area contributed by atoms with Crippen molar-refractivity contribution in [1.82, 2.24) is 0 Å². The van der Waals surface area contributed by atoms with Crippen LogP contribution < -0.4 is 15.2 Å². The van der Waals surface area contributed by atoms with Gasteiger partial charge in [0.2, 0.25) is 0 Å². The van der Waals surface area contributed by atoms with Crippen LogP contribution in [0.2, 0.25) is 5.02 Å². The quantitative estimate of drug-likeness (QED) is 0.772. The molecule has 0 aliphatic rings. The van der Waals surface area contributed by atoms with Crippen LogP contribution in [0.1, 0.15) is 45.6 Å². The van der Waals surface area contributed by atoms with Gasteiger partial charge in [-0.05, 0) is 44.7 Å². The Morgan fingerprint density at radius 3 is 2.14 bits per heavy atom. The fourth-order valence-electron chi connectivity index (χ4n) is 2.17. The molecule has 0 bridgehead atoms. The molecule has 3 N–H and O–H groups in total. The van der Waals surface area contributed by atoms with Crippen molar-refractivity contribution < 1.29 is 14.6 Å². The third-order valence-electron chi connectivity index (χ3n) is 3.40. The fraction of sp³-hybridized carbons (Fsp3) is 0.625. The third kappa shape index (κ3) is 5.06. The number of aliphatic hydroxyl groups is 1. The minimum absolute atomic E-state index is 0.0772. The minimum Gasteiger partial charge on any atom is -0.490 e. The van der Waals surface area contributed by atoms with Gasteiger partial charge in [0.25, 0.3) is 0 Å². The first-order chi connectivity index (χ1) is 9.90. The van der Waals surface area contributed by atoms with Crippen LogP contribution in [0.3, 0.4) is 0 Å². The van der Waals surface area contributed by atoms with Crippen molar-refractivity contribution in [3.63, 3.8) is 0 Å². The van der Waals surface area contributed by atoms with Gasteiger partial charge in [0.15, 0.2) is 11.5 Å². The summed E-state index contributed by atoms with van der Waals surface area (Å²) >= 11 is 6.35. The first kappa shape index (κ1) is 18.1. The highest BCUT2D eigenvalue weighted by atomic mass is 35.5. The highest BCUT2D eigenvalue weighted by Crippen LogP contribution is 2.38. The van der Waals surface area contributed by atoms with Gasteiger partial charge in [-0.1, -0.05) is 18.5 Å². The monoisotopic (exact) mass is 315 g/mol. The lowest BCUT2D eigenvalue weighted by atomic mass is 9.92. The molecule has 0 aromatic heterocycles. The summed E-state index contributed by atoms with van der Waals surface area (Å²) in [7, 11) is 0. The summed E-state index contributed by atoms with van der Waals surface area (Å²) in [6.45, 7) is 8.75. The standard InChI is InChI=1S/C16H26ClNO3/c1-5-20-15-8-12(10(3)7-14(19)11(4)18)13(17)9-16(15)21-6-2/h8-11,14,19H,5-7,18H2,1-4H3. The van der Waals surface area contributed by atoms with Gasteiger partial charge >= 0.3 is 0 Å². The van der Waals surface area contributed by atoms with Crippen LogP contribution in [-0.2, 0) is 0 Å². The summed E-state index contributed by atoms with van der Waals surface area (Å²) < 4.78 is 11.2. The van der Waals surface area contributed by atoms with Gasteiger partial charge in [0.1, 0.15) is 0 Å². The van der Waals surface area contributed by atoms with E-state index in [4.69, 9.17) is 26.8 Å². The molecule has 0 saturated carbocycles. The minimum atomic E-state index is -0.557. The van der Waals surface area contributed by atoms with Crippen LogP contribution in [0.4, 0.5) is 0 Å². The second kappa shape index (κ2) is 8.47. The third-order valence-corrected chi connectivity index (χ3v) is 3.72. The normalized spacial score (nSPS) is 15.4. The predicted octanol–water partition coefficient (Wildman–Crippen LogP) is 3.34. The summed E-state index contributed by atoms with van der Waals surface area (Å²) in [6.07, 6.45) is -0.00473. The van der Waals surface area contributed by atoms with E-state index in [2.05, 4.69) is 0 Å². The average Bonchev–Trinajstić information content (AvgIpc) is 2.41. The molecular formula is C16H26ClNO3. The molecular weight excluding hydrogens is 290 g/mol. The van der Waals surface area contributed by atoms with Crippen molar-refractivity contribution in [1.29, 1.82) is 0 Å². The lowest BCUT2D eigenvalue weighted by molar-refractivity contribution is 0.134. The maximum absolute atomic E-state index is 9.94. The Labute approximate surface area is 132 Å². The Morgan fingerprint density at radius 1 is 1.14 bits per heavy atom. The van der Waals surface area contributed by atoms with E-state index in [1.165, 1.54) is 0 Å². The topological polar surface area (TPSA) is 64.7 Å². The van der Waals surface area contributed by atoms with Crippen molar-refractivity contribution in [3.8, 4) is 11.5 Å². The Kier molecular flexibility index (Phi) is 7.29. The summed E-state index contributed by atoms with van der Waals surface area (Å²) in [5, 5.41) is 10.6. The molecule has 3 atom stereocenters. The molecule has 120 valence electrons. The van der Waals surface area contributed by atoms with E-state index in [0.29, 0.717) is 36.2 Å². The van der Waals surface area contributed by atoms with Gasteiger partial charge in [0, 0.05) is 17.1 Å². The Bertz CT molecular complexity index is 451. The molecule has 21 heavy (non-hydrogen) atoms. The van der Waals surface area contributed by atoms with Crippen LogP contribution in [0.5, 0.6) is 11.5 Å². The molecule has 4 nitrogen and oxygen atoms in total. The first-order valence-electron chi connectivity index (χ1n) is 7.43. The molecule has 0 heterocycles. The highest BCUT2D eigenvalue weighted by Gasteiger charge is 2.20. The number of ether oxygens (including phenoxy) is 2. The van der Waals surface area contributed by atoms with Gasteiger partial charge in [-0.25, -0.2) is 0 Å². The molecule has 0 spiro atoms. The second-order valence-corrected chi connectivity index (χ2v) is 5.66. The van der Waals surface area contributed by atoms with Gasteiger partial charge in [-0.2, -0.15) is 0 Å². The highest BCUT2D eigenvalue weighted by molar-refractivity contribution is 6.31. The molecule has 0 amide bonds. The Balaban J connectivity index is 3.03. The largest absolute Gasteiger partial charge is 0.490 e. The van der Waals surface area contributed by atoms with E-state index in [0.717, 1.165) is 5.56 Å². The van der Waals surface area contributed by atoms with E-state index in [1.54, 1.807) is 13.0 Å². The molecule has 0 saturated heterocycles. The number of halogens is 1. The lowest BCUT2D eigenvalue weighted by Crippen LogP contribution is -2.32. The molecule has 0 fully saturated rings. The van der Waals surface area contributed by atoms with Crippen molar-refractivity contribution >= 4 is 11.6 Å². The molecule has 1 aromatic rings. The van der Waals surface area contributed by atoms with Gasteiger partial charge in [-0.3, -0.25) is 0 Å². The predicted molar refractivity (Wildman–Crippen MR) is 86.5 cm³/mol. The number of hydrogen-bond acceptors (Lipinski definition) is 4. The summed E-state index contributed by atoms with van der Waals surface area (Å²) in [5.74, 6) is 1.40. The maximum atomic E-state index is 9.94. The zero-order valence-electron chi connectivity index (χ0n) is 13.2. The van der Waals surface area contributed by atoms with Crippen LogP contribution in [0.15, 0.2) is 12.1 Å². The summed E-state index contributed by atoms with van der Waals surface area (Å²) in [5.41, 5.74) is 6.65. The van der Waals surface area contributed by atoms with Crippen LogP contribution in [0, 0.1) is 0 Å². The summed E-state index contributed by atoms with van der Waals surface area (Å²) in [6, 6.07) is 3.41. The van der Waals surface area contributed by atoms with Crippen molar-refractivity contribution in [2.45, 2.75) is 52.2 Å². The van der Waals surface area contributed by atoms with E-state index < -0.39 is 6.10 Å². The molecule has 3 unspecified atom stereocenters. The number of nitrogens with two attached hydrogens (primary N) is 1. The Morgan fingerprint density at radius 2 is 1.67 bits per heavy atom. The van der Waals surface area contributed by atoms with Gasteiger partial charge in [0.05, 0.1) is 19.3 Å².